The molecule has 9 nitrogen and oxygen atoms in total. The highest BCUT2D eigenvalue weighted by Gasteiger charge is 2.45. The number of amides is 1. The Balaban J connectivity index is 2.27. The predicted molar refractivity (Wildman–Crippen MR) is 76.1 cm³/mol. The second kappa shape index (κ2) is 5.02. The van der Waals surface area contributed by atoms with Crippen LogP contribution in [0.4, 0.5) is 0 Å². The van der Waals surface area contributed by atoms with Gasteiger partial charge in [0, 0.05) is 25.5 Å². The van der Waals surface area contributed by atoms with Gasteiger partial charge in [-0.15, -0.1) is 0 Å². The molecule has 0 saturated carbocycles. The number of nitro groups is 1. The summed E-state index contributed by atoms with van der Waals surface area (Å²) in [6.07, 6.45) is 3.00. The van der Waals surface area contributed by atoms with E-state index >= 15 is 0 Å². The van der Waals surface area contributed by atoms with Gasteiger partial charge in [-0.3, -0.25) is 19.9 Å². The Morgan fingerprint density at radius 1 is 1.45 bits per heavy atom. The number of hydrogen-bond donors (Lipinski definition) is 3. The molecule has 114 valence electrons. The number of nitrogens with one attached hydrogen (secondary N) is 1. The number of allylic oxidation sites excluding steroid dienone is 1. The summed E-state index contributed by atoms with van der Waals surface area (Å²) in [6, 6.07) is 3.21. The van der Waals surface area contributed by atoms with Gasteiger partial charge >= 0.3 is 0 Å². The van der Waals surface area contributed by atoms with E-state index in [1.807, 2.05) is 0 Å². The van der Waals surface area contributed by atoms with E-state index in [4.69, 9.17) is 11.5 Å². The van der Waals surface area contributed by atoms with E-state index in [1.165, 1.54) is 17.3 Å². The van der Waals surface area contributed by atoms with Gasteiger partial charge in [-0.05, 0) is 17.7 Å². The molecule has 0 spiro atoms. The van der Waals surface area contributed by atoms with Gasteiger partial charge in [0.05, 0.1) is 10.5 Å². The number of carbonyl (C=O) groups is 1. The van der Waals surface area contributed by atoms with Crippen molar-refractivity contribution in [3.8, 4) is 0 Å². The van der Waals surface area contributed by atoms with Gasteiger partial charge < -0.3 is 21.7 Å². The van der Waals surface area contributed by atoms with Crippen LogP contribution in [0.3, 0.4) is 0 Å². The maximum absolute atomic E-state index is 11.9. The molecule has 5 N–H and O–H groups in total. The van der Waals surface area contributed by atoms with Crippen LogP contribution in [-0.2, 0) is 4.79 Å². The third-order valence-corrected chi connectivity index (χ3v) is 3.77. The quantitative estimate of drug-likeness (QED) is 0.489. The molecule has 2 aliphatic rings. The minimum absolute atomic E-state index is 0.0327. The van der Waals surface area contributed by atoms with Crippen molar-refractivity contribution in [2.45, 2.75) is 5.92 Å². The molecule has 1 saturated heterocycles. The standard InChI is InChI=1S/C13H14N6O3/c14-11-9(12(15)20)8(7-1-3-16-4-2-7)10(19(21)22)13-17-5-6-18(11)13/h1-4,8,17H,5-6,14H2,(H2,15,20). The molecule has 22 heavy (non-hydrogen) atoms. The monoisotopic (exact) mass is 302 g/mol. The third-order valence-electron chi connectivity index (χ3n) is 3.77. The fraction of sp³-hybridized carbons (Fsp3) is 0.231. The van der Waals surface area contributed by atoms with E-state index in [-0.39, 0.29) is 17.1 Å². The van der Waals surface area contributed by atoms with Gasteiger partial charge in [-0.1, -0.05) is 0 Å². The Labute approximate surface area is 125 Å². The number of pyridine rings is 1. The maximum Gasteiger partial charge on any atom is 0.298 e. The summed E-state index contributed by atoms with van der Waals surface area (Å²) in [5, 5.41) is 14.6. The normalized spacial score (nSPS) is 20.7. The van der Waals surface area contributed by atoms with Crippen LogP contribution in [-0.4, -0.2) is 33.8 Å². The largest absolute Gasteiger partial charge is 0.385 e. The zero-order valence-electron chi connectivity index (χ0n) is 11.5. The van der Waals surface area contributed by atoms with Crippen molar-refractivity contribution in [3.05, 3.63) is 63.1 Å². The molecule has 1 fully saturated rings. The van der Waals surface area contributed by atoms with E-state index in [1.54, 1.807) is 12.1 Å². The molecule has 0 aliphatic carbocycles. The minimum atomic E-state index is -0.924. The molecule has 3 heterocycles. The number of nitrogens with two attached hydrogens (primary N) is 2. The number of aromatic nitrogens is 1. The van der Waals surface area contributed by atoms with Crippen molar-refractivity contribution in [3.63, 3.8) is 0 Å². The van der Waals surface area contributed by atoms with Crippen molar-refractivity contribution in [2.75, 3.05) is 13.1 Å². The van der Waals surface area contributed by atoms with E-state index in [0.29, 0.717) is 24.5 Å². The van der Waals surface area contributed by atoms with E-state index in [2.05, 4.69) is 10.3 Å². The molecular weight excluding hydrogens is 288 g/mol. The first kappa shape index (κ1) is 13.9. The second-order valence-corrected chi connectivity index (χ2v) is 4.95. The van der Waals surface area contributed by atoms with Gasteiger partial charge in [0.1, 0.15) is 11.7 Å². The van der Waals surface area contributed by atoms with Crippen molar-refractivity contribution < 1.29 is 9.72 Å². The number of fused-ring (bicyclic) bond motifs is 1. The van der Waals surface area contributed by atoms with Crippen LogP contribution in [0.5, 0.6) is 0 Å². The summed E-state index contributed by atoms with van der Waals surface area (Å²) in [7, 11) is 0. The van der Waals surface area contributed by atoms with Crippen LogP contribution in [0.2, 0.25) is 0 Å². The fourth-order valence-corrected chi connectivity index (χ4v) is 2.87. The molecule has 3 rings (SSSR count). The summed E-state index contributed by atoms with van der Waals surface area (Å²) in [5.74, 6) is -1.23. The summed E-state index contributed by atoms with van der Waals surface area (Å²) >= 11 is 0. The zero-order valence-corrected chi connectivity index (χ0v) is 11.5. The molecule has 2 aliphatic heterocycles. The Bertz CT molecular complexity index is 712. The average molecular weight is 302 g/mol. The third kappa shape index (κ3) is 1.94. The highest BCUT2D eigenvalue weighted by atomic mass is 16.6. The van der Waals surface area contributed by atoms with Crippen LogP contribution >= 0.6 is 0 Å². The summed E-state index contributed by atoms with van der Waals surface area (Å²) < 4.78 is 0. The molecule has 0 bridgehead atoms. The average Bonchev–Trinajstić information content (AvgIpc) is 2.96. The molecule has 1 amide bonds. The van der Waals surface area contributed by atoms with Crippen molar-refractivity contribution in [1.82, 2.24) is 15.2 Å². The summed E-state index contributed by atoms with van der Waals surface area (Å²) in [5.41, 5.74) is 11.9. The maximum atomic E-state index is 11.9. The molecular formula is C13H14N6O3. The first-order valence-corrected chi connectivity index (χ1v) is 6.61. The molecule has 0 radical (unpaired) electrons. The fourth-order valence-electron chi connectivity index (χ4n) is 2.87. The van der Waals surface area contributed by atoms with Crippen molar-refractivity contribution in [2.24, 2.45) is 11.5 Å². The van der Waals surface area contributed by atoms with Crippen LogP contribution in [0.25, 0.3) is 0 Å². The SMILES string of the molecule is NC(=O)C1=C(N)N2CCNC2=C([N+](=O)[O-])C1c1ccncc1. The van der Waals surface area contributed by atoms with Gasteiger partial charge in [0.2, 0.25) is 5.91 Å². The van der Waals surface area contributed by atoms with E-state index in [0.717, 1.165) is 0 Å². The number of carbonyl (C=O) groups excluding carboxylic acids is 1. The first-order chi connectivity index (χ1) is 10.5. The molecule has 0 aromatic carbocycles. The number of hydrogen-bond acceptors (Lipinski definition) is 7. The molecule has 1 aromatic heterocycles. The lowest BCUT2D eigenvalue weighted by Gasteiger charge is -2.30. The molecule has 1 aromatic rings. The summed E-state index contributed by atoms with van der Waals surface area (Å²) in [4.78, 5) is 28.4. The van der Waals surface area contributed by atoms with Crippen LogP contribution in [0.1, 0.15) is 11.5 Å². The lowest BCUT2D eigenvalue weighted by Crippen LogP contribution is -2.39. The number of rotatable bonds is 3. The van der Waals surface area contributed by atoms with E-state index < -0.39 is 16.7 Å². The topological polar surface area (TPSA) is 140 Å². The Morgan fingerprint density at radius 3 is 2.73 bits per heavy atom. The minimum Gasteiger partial charge on any atom is -0.385 e. The highest BCUT2D eigenvalue weighted by Crippen LogP contribution is 2.40. The van der Waals surface area contributed by atoms with E-state index in [9.17, 15) is 14.9 Å². The predicted octanol–water partition coefficient (Wildman–Crippen LogP) is -0.815. The molecule has 9 heteroatoms. The molecule has 1 unspecified atom stereocenters. The molecule has 1 atom stereocenters. The van der Waals surface area contributed by atoms with Gasteiger partial charge in [-0.2, -0.15) is 0 Å². The zero-order chi connectivity index (χ0) is 15.9. The second-order valence-electron chi connectivity index (χ2n) is 4.95. The Hall–Kier alpha value is -3.10. The number of primary amides is 1. The van der Waals surface area contributed by atoms with Gasteiger partial charge in [0.15, 0.2) is 5.82 Å². The van der Waals surface area contributed by atoms with Crippen molar-refractivity contribution in [1.29, 1.82) is 0 Å². The van der Waals surface area contributed by atoms with Crippen LogP contribution in [0.15, 0.2) is 47.4 Å². The Morgan fingerprint density at radius 2 is 2.14 bits per heavy atom. The van der Waals surface area contributed by atoms with Crippen molar-refractivity contribution >= 4 is 5.91 Å². The van der Waals surface area contributed by atoms with Crippen LogP contribution in [0, 0.1) is 10.1 Å². The van der Waals surface area contributed by atoms with Gasteiger partial charge in [0.25, 0.3) is 5.70 Å². The highest BCUT2D eigenvalue weighted by molar-refractivity contribution is 5.95. The van der Waals surface area contributed by atoms with Crippen LogP contribution < -0.4 is 16.8 Å². The van der Waals surface area contributed by atoms with Gasteiger partial charge in [-0.25, -0.2) is 0 Å². The first-order valence-electron chi connectivity index (χ1n) is 6.61. The smallest absolute Gasteiger partial charge is 0.298 e. The summed E-state index contributed by atoms with van der Waals surface area (Å²) in [6.45, 7) is 0.945. The number of nitrogens with zero attached hydrogens (tertiary/aromatic N) is 3. The lowest BCUT2D eigenvalue weighted by molar-refractivity contribution is -0.432. The Kier molecular flexibility index (Phi) is 3.17. The lowest BCUT2D eigenvalue weighted by atomic mass is 9.86.